The number of hydrogen-bond donors (Lipinski definition) is 0. The summed E-state index contributed by atoms with van der Waals surface area (Å²) in [5, 5.41) is 0. The van der Waals surface area contributed by atoms with Crippen molar-refractivity contribution in [3.63, 3.8) is 0 Å². The Morgan fingerprint density at radius 3 is 2.03 bits per heavy atom. The number of halogens is 7. The molecule has 0 aliphatic heterocycles. The van der Waals surface area contributed by atoms with Gasteiger partial charge in [0, 0.05) is 19.6 Å². The van der Waals surface area contributed by atoms with Crippen LogP contribution in [0.2, 0.25) is 0 Å². The molecule has 5 nitrogen and oxygen atoms in total. The van der Waals surface area contributed by atoms with Crippen molar-refractivity contribution in [2.75, 3.05) is 13.4 Å². The van der Waals surface area contributed by atoms with Crippen LogP contribution in [0.3, 0.4) is 0 Å². The summed E-state index contributed by atoms with van der Waals surface area (Å²) in [7, 11) is -7.62. The maximum atomic E-state index is 13.8. The molecule has 1 atom stereocenters. The van der Waals surface area contributed by atoms with E-state index in [1.807, 2.05) is 0 Å². The third kappa shape index (κ3) is 7.07. The molecule has 212 valence electrons. The van der Waals surface area contributed by atoms with Gasteiger partial charge in [-0.15, -0.1) is 11.8 Å². The van der Waals surface area contributed by atoms with Crippen molar-refractivity contribution in [1.29, 1.82) is 0 Å². The molecule has 0 saturated heterocycles. The SMILES string of the molecule is COc1c(Br)cc(Sc2cc(C(F)(F)F)ccc2SC)c(S(=O)c2ccc(C)cc2)c1OS(=O)(=O)C(F)(F)F. The smallest absolute Gasteiger partial charge is 0.492 e. The molecular formula is C23H17BrF6O5S4. The minimum absolute atomic E-state index is 0.0289. The quantitative estimate of drug-likeness (QED) is 0.102. The first-order valence-electron chi connectivity index (χ1n) is 10.3. The number of methoxy groups -OCH3 is 1. The van der Waals surface area contributed by atoms with E-state index in [4.69, 9.17) is 4.74 Å². The van der Waals surface area contributed by atoms with Gasteiger partial charge in [0.25, 0.3) is 0 Å². The highest BCUT2D eigenvalue weighted by Gasteiger charge is 2.50. The lowest BCUT2D eigenvalue weighted by Crippen LogP contribution is -2.28. The van der Waals surface area contributed by atoms with Crippen LogP contribution in [-0.2, 0) is 27.1 Å². The van der Waals surface area contributed by atoms with E-state index >= 15 is 0 Å². The first-order chi connectivity index (χ1) is 18.0. The lowest BCUT2D eigenvalue weighted by molar-refractivity contribution is -0.137. The fourth-order valence-corrected chi connectivity index (χ4v) is 7.63. The largest absolute Gasteiger partial charge is 0.534 e. The van der Waals surface area contributed by atoms with E-state index in [-0.39, 0.29) is 19.2 Å². The van der Waals surface area contributed by atoms with E-state index in [1.165, 1.54) is 24.3 Å². The molecule has 0 aliphatic rings. The van der Waals surface area contributed by atoms with Gasteiger partial charge in [-0.3, -0.25) is 0 Å². The van der Waals surface area contributed by atoms with Crippen LogP contribution in [0.1, 0.15) is 11.1 Å². The molecule has 0 spiro atoms. The molecular weight excluding hydrogens is 678 g/mol. The molecule has 39 heavy (non-hydrogen) atoms. The van der Waals surface area contributed by atoms with Crippen LogP contribution in [0.25, 0.3) is 0 Å². The second-order valence-corrected chi connectivity index (χ2v) is 13.3. The summed E-state index contributed by atoms with van der Waals surface area (Å²) in [5.41, 5.74) is -6.07. The minimum atomic E-state index is -6.27. The highest BCUT2D eigenvalue weighted by molar-refractivity contribution is 9.10. The van der Waals surface area contributed by atoms with Crippen LogP contribution < -0.4 is 8.92 Å². The summed E-state index contributed by atoms with van der Waals surface area (Å²) in [4.78, 5) is -0.210. The molecule has 0 bridgehead atoms. The van der Waals surface area contributed by atoms with E-state index < -0.39 is 54.6 Å². The molecule has 3 aromatic carbocycles. The fourth-order valence-electron chi connectivity index (χ4n) is 3.07. The van der Waals surface area contributed by atoms with Crippen molar-refractivity contribution in [2.45, 2.75) is 43.1 Å². The Hall–Kier alpha value is -1.88. The van der Waals surface area contributed by atoms with E-state index in [1.54, 1.807) is 25.3 Å². The molecule has 3 aromatic rings. The molecule has 0 aromatic heterocycles. The normalized spacial score (nSPS) is 13.3. The van der Waals surface area contributed by atoms with Gasteiger partial charge in [0.1, 0.15) is 4.90 Å². The van der Waals surface area contributed by atoms with Crippen molar-refractivity contribution < 1.29 is 47.9 Å². The Balaban J connectivity index is 2.36. The van der Waals surface area contributed by atoms with E-state index in [2.05, 4.69) is 20.1 Å². The van der Waals surface area contributed by atoms with Gasteiger partial charge < -0.3 is 8.92 Å². The van der Waals surface area contributed by atoms with Crippen LogP contribution in [0.4, 0.5) is 26.3 Å². The fraction of sp³-hybridized carbons (Fsp3) is 0.217. The summed E-state index contributed by atoms with van der Waals surface area (Å²) in [6, 6.07) is 10.1. The zero-order chi connectivity index (χ0) is 29.3. The average Bonchev–Trinajstić information content (AvgIpc) is 2.83. The van der Waals surface area contributed by atoms with Gasteiger partial charge in [-0.1, -0.05) is 29.5 Å². The molecule has 0 aliphatic carbocycles. The lowest BCUT2D eigenvalue weighted by Gasteiger charge is -2.20. The summed E-state index contributed by atoms with van der Waals surface area (Å²) in [6.07, 6.45) is -3.10. The standard InChI is InChI=1S/C23H17BrF6O5S4/c1-12-4-7-14(8-5-12)38(31)21-18(37-17-10-13(22(25,26)27)6-9-16(17)36-3)11-15(24)19(34-2)20(21)35-39(32,33)23(28,29)30/h4-11H,1-3H3. The van der Waals surface area contributed by atoms with E-state index in [9.17, 15) is 39.0 Å². The molecule has 3 rings (SSSR count). The lowest BCUT2D eigenvalue weighted by atomic mass is 10.2. The molecule has 0 N–H and O–H groups in total. The van der Waals surface area contributed by atoms with Crippen LogP contribution in [0, 0.1) is 6.92 Å². The number of ether oxygens (including phenoxy) is 1. The minimum Gasteiger partial charge on any atom is -0.492 e. The van der Waals surface area contributed by atoms with E-state index in [0.29, 0.717) is 16.7 Å². The van der Waals surface area contributed by atoms with Crippen molar-refractivity contribution in [1.82, 2.24) is 0 Å². The van der Waals surface area contributed by atoms with Gasteiger partial charge in [0.2, 0.25) is 5.75 Å². The molecule has 1 unspecified atom stereocenters. The van der Waals surface area contributed by atoms with Gasteiger partial charge in [-0.2, -0.15) is 34.8 Å². The van der Waals surface area contributed by atoms with Gasteiger partial charge >= 0.3 is 21.8 Å². The second kappa shape index (κ2) is 11.9. The predicted molar refractivity (Wildman–Crippen MR) is 139 cm³/mol. The third-order valence-electron chi connectivity index (χ3n) is 4.92. The van der Waals surface area contributed by atoms with Crippen molar-refractivity contribution in [3.8, 4) is 11.5 Å². The highest BCUT2D eigenvalue weighted by atomic mass is 79.9. The third-order valence-corrected chi connectivity index (χ3v) is 10.1. The van der Waals surface area contributed by atoms with Crippen LogP contribution in [-0.4, -0.2) is 31.5 Å². The Kier molecular flexibility index (Phi) is 9.68. The Labute approximate surface area is 239 Å². The average molecular weight is 696 g/mol. The molecule has 0 amide bonds. The van der Waals surface area contributed by atoms with Crippen molar-refractivity contribution in [3.05, 3.63) is 64.1 Å². The van der Waals surface area contributed by atoms with Crippen LogP contribution >= 0.6 is 39.5 Å². The Bertz CT molecular complexity index is 1510. The first-order valence-corrected chi connectivity index (χ1v) is 15.7. The summed E-state index contributed by atoms with van der Waals surface area (Å²) >= 11 is 4.83. The van der Waals surface area contributed by atoms with Crippen LogP contribution in [0.15, 0.2) is 77.5 Å². The predicted octanol–water partition coefficient (Wildman–Crippen LogP) is 8.05. The molecule has 0 heterocycles. The van der Waals surface area contributed by atoms with E-state index in [0.717, 1.165) is 36.6 Å². The van der Waals surface area contributed by atoms with Gasteiger partial charge in [-0.05, 0) is 65.5 Å². The van der Waals surface area contributed by atoms with Gasteiger partial charge in [-0.25, -0.2) is 4.21 Å². The summed E-state index contributed by atoms with van der Waals surface area (Å²) in [6.45, 7) is 1.73. The molecule has 16 heteroatoms. The Morgan fingerprint density at radius 1 is 0.897 bits per heavy atom. The summed E-state index contributed by atoms with van der Waals surface area (Å²) in [5.74, 6) is -1.54. The zero-order valence-electron chi connectivity index (χ0n) is 19.9. The zero-order valence-corrected chi connectivity index (χ0v) is 24.8. The maximum absolute atomic E-state index is 13.8. The summed E-state index contributed by atoms with van der Waals surface area (Å²) < 4.78 is 128. The molecule has 0 fully saturated rings. The van der Waals surface area contributed by atoms with Crippen molar-refractivity contribution >= 4 is 60.4 Å². The first kappa shape index (κ1) is 31.6. The maximum Gasteiger partial charge on any atom is 0.534 e. The highest BCUT2D eigenvalue weighted by Crippen LogP contribution is 2.50. The number of aryl methyl sites for hydroxylation is 1. The molecule has 0 radical (unpaired) electrons. The number of hydrogen-bond acceptors (Lipinski definition) is 7. The van der Waals surface area contributed by atoms with Gasteiger partial charge in [0.05, 0.1) is 27.9 Å². The monoisotopic (exact) mass is 694 g/mol. The number of thioether (sulfide) groups is 1. The Morgan fingerprint density at radius 2 is 1.51 bits per heavy atom. The topological polar surface area (TPSA) is 69.7 Å². The van der Waals surface area contributed by atoms with Gasteiger partial charge in [0.15, 0.2) is 5.75 Å². The number of rotatable bonds is 8. The second-order valence-electron chi connectivity index (χ2n) is 7.58. The van der Waals surface area contributed by atoms with Crippen LogP contribution in [0.5, 0.6) is 11.5 Å². The van der Waals surface area contributed by atoms with Crippen molar-refractivity contribution in [2.24, 2.45) is 0 Å². The number of benzene rings is 3. The number of alkyl halides is 6. The molecule has 0 saturated carbocycles.